The van der Waals surface area contributed by atoms with E-state index in [1.165, 1.54) is 24.3 Å². The number of non-ortho nitro benzene ring substituents is 1. The van der Waals surface area contributed by atoms with E-state index in [1.54, 1.807) is 0 Å². The zero-order valence-corrected chi connectivity index (χ0v) is 12.8. The molecular weight excluding hydrogens is 284 g/mol. The van der Waals surface area contributed by atoms with Gasteiger partial charge in [0.05, 0.1) is 10.5 Å². The number of carbonyl (C=O) groups excluding carboxylic acids is 1. The first kappa shape index (κ1) is 15.0. The highest BCUT2D eigenvalue weighted by molar-refractivity contribution is 5.90. The largest absolute Gasteiger partial charge is 0.455 e. The summed E-state index contributed by atoms with van der Waals surface area (Å²) in [7, 11) is 2.10. The predicted molar refractivity (Wildman–Crippen MR) is 80.6 cm³/mol. The minimum absolute atomic E-state index is 0.0258. The molecular formula is C16H20N2O4. The highest BCUT2D eigenvalue weighted by Crippen LogP contribution is 2.47. The maximum atomic E-state index is 12.4. The van der Waals surface area contributed by atoms with Gasteiger partial charge in [-0.3, -0.25) is 10.1 Å². The van der Waals surface area contributed by atoms with E-state index in [4.69, 9.17) is 4.74 Å². The molecule has 0 aromatic heterocycles. The number of carbonyl (C=O) groups is 1. The zero-order chi connectivity index (χ0) is 15.9. The highest BCUT2D eigenvalue weighted by Gasteiger charge is 2.53. The van der Waals surface area contributed by atoms with Gasteiger partial charge >= 0.3 is 5.97 Å². The van der Waals surface area contributed by atoms with Crippen molar-refractivity contribution in [2.24, 2.45) is 11.8 Å². The second-order valence-electron chi connectivity index (χ2n) is 6.57. The molecule has 3 rings (SSSR count). The van der Waals surface area contributed by atoms with Gasteiger partial charge < -0.3 is 9.64 Å². The monoisotopic (exact) mass is 304 g/mol. The number of hydrogen-bond acceptors (Lipinski definition) is 5. The number of nitro benzene ring substituents is 1. The Balaban J connectivity index is 1.75. The second-order valence-corrected chi connectivity index (χ2v) is 6.57. The maximum Gasteiger partial charge on any atom is 0.338 e. The predicted octanol–water partition coefficient (Wildman–Crippen LogP) is 2.48. The Morgan fingerprint density at radius 3 is 2.32 bits per heavy atom. The second kappa shape index (κ2) is 5.35. The summed E-state index contributed by atoms with van der Waals surface area (Å²) in [5, 5.41) is 10.7. The van der Waals surface area contributed by atoms with Gasteiger partial charge in [0, 0.05) is 37.1 Å². The van der Waals surface area contributed by atoms with Crippen molar-refractivity contribution in [2.75, 3.05) is 20.1 Å². The molecule has 6 heteroatoms. The number of esters is 1. The molecule has 2 bridgehead atoms. The molecule has 118 valence electrons. The van der Waals surface area contributed by atoms with E-state index >= 15 is 0 Å². The number of fused-ring (bicyclic) bond motifs is 2. The molecule has 0 radical (unpaired) electrons. The SMILES string of the molecule is CN1C[C@H]2CC[C@@H](C1)C2(C)OC(=O)c1ccc([N+](=O)[O-])cc1. The molecule has 1 aromatic carbocycles. The van der Waals surface area contributed by atoms with Gasteiger partial charge in [-0.2, -0.15) is 0 Å². The molecule has 1 saturated heterocycles. The van der Waals surface area contributed by atoms with Crippen molar-refractivity contribution in [1.82, 2.24) is 4.90 Å². The van der Waals surface area contributed by atoms with Crippen LogP contribution < -0.4 is 0 Å². The molecule has 1 aromatic rings. The lowest BCUT2D eigenvalue weighted by molar-refractivity contribution is -0.384. The van der Waals surface area contributed by atoms with Gasteiger partial charge in [-0.1, -0.05) is 0 Å². The third kappa shape index (κ3) is 2.47. The summed E-state index contributed by atoms with van der Waals surface area (Å²) in [5.74, 6) is 0.329. The lowest BCUT2D eigenvalue weighted by Crippen LogP contribution is -2.53. The van der Waals surface area contributed by atoms with Gasteiger partial charge in [-0.25, -0.2) is 4.79 Å². The average Bonchev–Trinajstić information content (AvgIpc) is 2.65. The third-order valence-electron chi connectivity index (χ3n) is 5.18. The normalized spacial score (nSPS) is 31.0. The van der Waals surface area contributed by atoms with Crippen LogP contribution in [0.3, 0.4) is 0 Å². The molecule has 2 aliphatic rings. The quantitative estimate of drug-likeness (QED) is 0.487. The fraction of sp³-hybridized carbons (Fsp3) is 0.562. The van der Waals surface area contributed by atoms with Crippen LogP contribution in [0.4, 0.5) is 5.69 Å². The smallest absolute Gasteiger partial charge is 0.338 e. The number of ether oxygens (including phenoxy) is 1. The van der Waals surface area contributed by atoms with Crippen LogP contribution in [0.1, 0.15) is 30.1 Å². The van der Waals surface area contributed by atoms with Crippen LogP contribution >= 0.6 is 0 Å². The van der Waals surface area contributed by atoms with Crippen LogP contribution in [0.5, 0.6) is 0 Å². The van der Waals surface area contributed by atoms with Gasteiger partial charge in [0.1, 0.15) is 5.60 Å². The first-order chi connectivity index (χ1) is 10.4. The fourth-order valence-electron chi connectivity index (χ4n) is 3.83. The van der Waals surface area contributed by atoms with Gasteiger partial charge in [0.2, 0.25) is 0 Å². The first-order valence-corrected chi connectivity index (χ1v) is 7.56. The van der Waals surface area contributed by atoms with Gasteiger partial charge in [0.15, 0.2) is 0 Å². The van der Waals surface area contributed by atoms with Crippen LogP contribution in [0, 0.1) is 22.0 Å². The molecule has 1 aliphatic carbocycles. The minimum atomic E-state index is -0.479. The molecule has 3 atom stereocenters. The lowest BCUT2D eigenvalue weighted by atomic mass is 9.82. The summed E-state index contributed by atoms with van der Waals surface area (Å²) in [5.41, 5.74) is -0.0852. The molecule has 2 fully saturated rings. The number of nitro groups is 1. The fourth-order valence-corrected chi connectivity index (χ4v) is 3.83. The van der Waals surface area contributed by atoms with E-state index in [0.717, 1.165) is 25.9 Å². The third-order valence-corrected chi connectivity index (χ3v) is 5.18. The van der Waals surface area contributed by atoms with Gasteiger partial charge in [-0.15, -0.1) is 0 Å². The van der Waals surface area contributed by atoms with Crippen molar-refractivity contribution in [3.63, 3.8) is 0 Å². The summed E-state index contributed by atoms with van der Waals surface area (Å²) in [4.78, 5) is 24.9. The molecule has 22 heavy (non-hydrogen) atoms. The van der Waals surface area contributed by atoms with Crippen molar-refractivity contribution in [3.05, 3.63) is 39.9 Å². The summed E-state index contributed by atoms with van der Waals surface area (Å²) in [6.45, 7) is 3.92. The van der Waals surface area contributed by atoms with Crippen LogP contribution in [-0.2, 0) is 4.74 Å². The van der Waals surface area contributed by atoms with Crippen molar-refractivity contribution in [2.45, 2.75) is 25.4 Å². The van der Waals surface area contributed by atoms with Crippen LogP contribution in [0.2, 0.25) is 0 Å². The Morgan fingerprint density at radius 2 is 1.82 bits per heavy atom. The Morgan fingerprint density at radius 1 is 1.27 bits per heavy atom. The van der Waals surface area contributed by atoms with E-state index in [2.05, 4.69) is 11.9 Å². The van der Waals surface area contributed by atoms with E-state index in [1.807, 2.05) is 6.92 Å². The van der Waals surface area contributed by atoms with Crippen LogP contribution in [-0.4, -0.2) is 41.5 Å². The molecule has 6 nitrogen and oxygen atoms in total. The number of nitrogens with zero attached hydrogens (tertiary/aromatic N) is 2. The number of benzene rings is 1. The Bertz CT molecular complexity index is 585. The van der Waals surface area contributed by atoms with E-state index in [0.29, 0.717) is 17.4 Å². The molecule has 1 unspecified atom stereocenters. The standard InChI is InChI=1S/C16H20N2O4/c1-16(12-5-6-13(16)10-17(2)9-12)22-15(19)11-3-7-14(8-4-11)18(20)21/h3-4,7-8,12-13H,5-6,9-10H2,1-2H3/t12-,13+,16?. The number of hydrogen-bond donors (Lipinski definition) is 0. The van der Waals surface area contributed by atoms with Gasteiger partial charge in [0.25, 0.3) is 5.69 Å². The van der Waals surface area contributed by atoms with E-state index < -0.39 is 10.5 Å². The summed E-state index contributed by atoms with van der Waals surface area (Å²) >= 11 is 0. The molecule has 1 aliphatic heterocycles. The minimum Gasteiger partial charge on any atom is -0.455 e. The summed E-state index contributed by atoms with van der Waals surface area (Å²) < 4.78 is 5.87. The van der Waals surface area contributed by atoms with Crippen LogP contribution in [0.25, 0.3) is 0 Å². The van der Waals surface area contributed by atoms with E-state index in [-0.39, 0.29) is 11.7 Å². The molecule has 0 N–H and O–H groups in total. The Hall–Kier alpha value is -1.95. The topological polar surface area (TPSA) is 72.7 Å². The first-order valence-electron chi connectivity index (χ1n) is 7.56. The van der Waals surface area contributed by atoms with E-state index in [9.17, 15) is 14.9 Å². The molecule has 1 heterocycles. The van der Waals surface area contributed by atoms with Crippen molar-refractivity contribution in [3.8, 4) is 0 Å². The number of rotatable bonds is 3. The van der Waals surface area contributed by atoms with Crippen molar-refractivity contribution >= 4 is 11.7 Å². The summed E-state index contributed by atoms with van der Waals surface area (Å²) in [6.07, 6.45) is 2.16. The Kier molecular flexibility index (Phi) is 3.64. The molecule has 0 spiro atoms. The number of piperidine rings is 1. The highest BCUT2D eigenvalue weighted by atomic mass is 16.6. The maximum absolute atomic E-state index is 12.4. The zero-order valence-electron chi connectivity index (χ0n) is 12.8. The van der Waals surface area contributed by atoms with Crippen LogP contribution in [0.15, 0.2) is 24.3 Å². The molecule has 1 saturated carbocycles. The average molecular weight is 304 g/mol. The van der Waals surface area contributed by atoms with Gasteiger partial charge in [-0.05, 0) is 38.9 Å². The van der Waals surface area contributed by atoms with Crippen molar-refractivity contribution in [1.29, 1.82) is 0 Å². The Labute approximate surface area is 129 Å². The lowest BCUT2D eigenvalue weighted by Gasteiger charge is -2.43. The molecule has 0 amide bonds. The summed E-state index contributed by atoms with van der Waals surface area (Å²) in [6, 6.07) is 5.59. The number of likely N-dealkylation sites (tertiary alicyclic amines) is 1. The van der Waals surface area contributed by atoms with Crippen molar-refractivity contribution < 1.29 is 14.5 Å².